The van der Waals surface area contributed by atoms with Gasteiger partial charge >= 0.3 is 0 Å². The molecule has 0 saturated heterocycles. The maximum absolute atomic E-state index is 12.5. The molecule has 0 bridgehead atoms. The summed E-state index contributed by atoms with van der Waals surface area (Å²) < 4.78 is 11.2. The van der Waals surface area contributed by atoms with Crippen molar-refractivity contribution in [1.29, 1.82) is 0 Å². The van der Waals surface area contributed by atoms with Crippen molar-refractivity contribution in [2.45, 2.75) is 6.92 Å². The molecule has 0 N–H and O–H groups in total. The van der Waals surface area contributed by atoms with E-state index >= 15 is 0 Å². The zero-order valence-corrected chi connectivity index (χ0v) is 11.3. The summed E-state index contributed by atoms with van der Waals surface area (Å²) in [6.45, 7) is 1.78. The molecule has 0 aliphatic carbocycles. The first-order valence-electron chi connectivity index (χ1n) is 6.38. The van der Waals surface area contributed by atoms with Crippen molar-refractivity contribution in [3.63, 3.8) is 0 Å². The number of ether oxygens (including phenoxy) is 1. The smallest absolute Gasteiger partial charge is 0.196 e. The predicted molar refractivity (Wildman–Crippen MR) is 79.2 cm³/mol. The van der Waals surface area contributed by atoms with E-state index in [2.05, 4.69) is 0 Å². The minimum absolute atomic E-state index is 0.0241. The second-order valence-corrected chi connectivity index (χ2v) is 4.59. The molecular formula is C17H14O3. The third-order valence-corrected chi connectivity index (χ3v) is 3.36. The fourth-order valence-corrected chi connectivity index (χ4v) is 2.31. The summed E-state index contributed by atoms with van der Waals surface area (Å²) in [5, 5.41) is 0.543. The molecule has 0 spiro atoms. The van der Waals surface area contributed by atoms with Crippen LogP contribution in [0.5, 0.6) is 5.75 Å². The Bertz CT molecular complexity index is 817. The fourth-order valence-electron chi connectivity index (χ4n) is 2.31. The summed E-state index contributed by atoms with van der Waals surface area (Å²) in [6, 6.07) is 14.9. The van der Waals surface area contributed by atoms with Gasteiger partial charge in [-0.3, -0.25) is 4.79 Å². The average Bonchev–Trinajstić information content (AvgIpc) is 2.51. The standard InChI is InChI=1S/C17H14O3/c1-11-15(18)13-9-6-10-14(19-2)17(13)20-16(11)12-7-4-3-5-8-12/h3-10H,1-2H3. The van der Waals surface area contributed by atoms with Crippen LogP contribution < -0.4 is 10.2 Å². The minimum Gasteiger partial charge on any atom is -0.493 e. The molecule has 3 heteroatoms. The Labute approximate surface area is 116 Å². The van der Waals surface area contributed by atoms with Crippen LogP contribution in [0.4, 0.5) is 0 Å². The highest BCUT2D eigenvalue weighted by Gasteiger charge is 2.14. The van der Waals surface area contributed by atoms with Gasteiger partial charge in [0.15, 0.2) is 16.8 Å². The summed E-state index contributed by atoms with van der Waals surface area (Å²) >= 11 is 0. The van der Waals surface area contributed by atoms with Crippen LogP contribution in [0.3, 0.4) is 0 Å². The largest absolute Gasteiger partial charge is 0.493 e. The summed E-state index contributed by atoms with van der Waals surface area (Å²) in [4.78, 5) is 12.5. The van der Waals surface area contributed by atoms with Crippen LogP contribution in [-0.2, 0) is 0 Å². The van der Waals surface area contributed by atoms with E-state index in [0.717, 1.165) is 5.56 Å². The number of fused-ring (bicyclic) bond motifs is 1. The number of methoxy groups -OCH3 is 1. The predicted octanol–water partition coefficient (Wildman–Crippen LogP) is 3.78. The topological polar surface area (TPSA) is 39.4 Å². The Morgan fingerprint density at radius 1 is 1.00 bits per heavy atom. The molecule has 0 radical (unpaired) electrons. The fraction of sp³-hybridized carbons (Fsp3) is 0.118. The van der Waals surface area contributed by atoms with Gasteiger partial charge < -0.3 is 9.15 Å². The van der Waals surface area contributed by atoms with E-state index in [1.807, 2.05) is 30.3 Å². The molecule has 3 rings (SSSR count). The lowest BCUT2D eigenvalue weighted by Gasteiger charge is -2.09. The first-order valence-corrected chi connectivity index (χ1v) is 6.38. The normalized spacial score (nSPS) is 10.7. The van der Waals surface area contributed by atoms with Gasteiger partial charge in [0.05, 0.1) is 12.5 Å². The molecule has 1 aromatic heterocycles. The minimum atomic E-state index is -0.0241. The first kappa shape index (κ1) is 12.5. The van der Waals surface area contributed by atoms with Crippen molar-refractivity contribution in [3.05, 3.63) is 64.3 Å². The highest BCUT2D eigenvalue weighted by atomic mass is 16.5. The molecule has 0 amide bonds. The molecule has 20 heavy (non-hydrogen) atoms. The van der Waals surface area contributed by atoms with Gasteiger partial charge in [-0.2, -0.15) is 0 Å². The molecule has 3 nitrogen and oxygen atoms in total. The molecule has 100 valence electrons. The van der Waals surface area contributed by atoms with Crippen LogP contribution in [0.25, 0.3) is 22.3 Å². The number of para-hydroxylation sites is 1. The average molecular weight is 266 g/mol. The third-order valence-electron chi connectivity index (χ3n) is 3.36. The van der Waals surface area contributed by atoms with Crippen molar-refractivity contribution < 1.29 is 9.15 Å². The second-order valence-electron chi connectivity index (χ2n) is 4.59. The van der Waals surface area contributed by atoms with Crippen molar-refractivity contribution >= 4 is 11.0 Å². The third kappa shape index (κ3) is 1.88. The van der Waals surface area contributed by atoms with Crippen molar-refractivity contribution in [2.24, 2.45) is 0 Å². The van der Waals surface area contributed by atoms with E-state index in [0.29, 0.717) is 28.0 Å². The number of benzene rings is 2. The summed E-state index contributed by atoms with van der Waals surface area (Å²) in [6.07, 6.45) is 0. The quantitative estimate of drug-likeness (QED) is 0.708. The van der Waals surface area contributed by atoms with E-state index in [-0.39, 0.29) is 5.43 Å². The molecular weight excluding hydrogens is 252 g/mol. The molecule has 0 saturated carbocycles. The van der Waals surface area contributed by atoms with Gasteiger partial charge in [-0.15, -0.1) is 0 Å². The molecule has 0 aliphatic heterocycles. The second kappa shape index (κ2) is 4.85. The number of hydrogen-bond donors (Lipinski definition) is 0. The van der Waals surface area contributed by atoms with Crippen LogP contribution in [-0.4, -0.2) is 7.11 Å². The summed E-state index contributed by atoms with van der Waals surface area (Å²) in [7, 11) is 1.57. The molecule has 0 unspecified atom stereocenters. The monoisotopic (exact) mass is 266 g/mol. The lowest BCUT2D eigenvalue weighted by Crippen LogP contribution is -2.07. The molecule has 2 aromatic carbocycles. The highest BCUT2D eigenvalue weighted by molar-refractivity contribution is 5.85. The zero-order chi connectivity index (χ0) is 14.1. The lowest BCUT2D eigenvalue weighted by atomic mass is 10.1. The Morgan fingerprint density at radius 3 is 2.45 bits per heavy atom. The van der Waals surface area contributed by atoms with Crippen molar-refractivity contribution in [1.82, 2.24) is 0 Å². The van der Waals surface area contributed by atoms with E-state index in [4.69, 9.17) is 9.15 Å². The Morgan fingerprint density at radius 2 is 1.75 bits per heavy atom. The number of rotatable bonds is 2. The van der Waals surface area contributed by atoms with Gasteiger partial charge in [-0.25, -0.2) is 0 Å². The highest BCUT2D eigenvalue weighted by Crippen LogP contribution is 2.30. The van der Waals surface area contributed by atoms with Crippen LogP contribution in [0.2, 0.25) is 0 Å². The van der Waals surface area contributed by atoms with Crippen molar-refractivity contribution in [3.8, 4) is 17.1 Å². The summed E-state index contributed by atoms with van der Waals surface area (Å²) in [5.41, 5.74) is 1.96. The molecule has 0 atom stereocenters. The van der Waals surface area contributed by atoms with Gasteiger partial charge in [0.25, 0.3) is 0 Å². The van der Waals surface area contributed by atoms with Crippen molar-refractivity contribution in [2.75, 3.05) is 7.11 Å². The summed E-state index contributed by atoms with van der Waals surface area (Å²) in [5.74, 6) is 1.16. The number of hydrogen-bond acceptors (Lipinski definition) is 3. The van der Waals surface area contributed by atoms with Crippen LogP contribution in [0, 0.1) is 6.92 Å². The molecule has 1 heterocycles. The van der Waals surface area contributed by atoms with Crippen LogP contribution >= 0.6 is 0 Å². The maximum Gasteiger partial charge on any atom is 0.196 e. The van der Waals surface area contributed by atoms with E-state index < -0.39 is 0 Å². The van der Waals surface area contributed by atoms with Gasteiger partial charge in [-0.05, 0) is 19.1 Å². The lowest BCUT2D eigenvalue weighted by molar-refractivity contribution is 0.410. The van der Waals surface area contributed by atoms with Gasteiger partial charge in [0.2, 0.25) is 0 Å². The maximum atomic E-state index is 12.5. The Hall–Kier alpha value is -2.55. The molecule has 0 fully saturated rings. The molecule has 0 aliphatic rings. The van der Waals surface area contributed by atoms with Gasteiger partial charge in [-0.1, -0.05) is 36.4 Å². The molecule has 3 aromatic rings. The zero-order valence-electron chi connectivity index (χ0n) is 11.3. The first-order chi connectivity index (χ1) is 9.72. The Kier molecular flexibility index (Phi) is 3.03. The van der Waals surface area contributed by atoms with E-state index in [1.165, 1.54) is 0 Å². The van der Waals surface area contributed by atoms with Gasteiger partial charge in [0.1, 0.15) is 5.76 Å². The van der Waals surface area contributed by atoms with E-state index in [9.17, 15) is 4.79 Å². The van der Waals surface area contributed by atoms with Crippen LogP contribution in [0.1, 0.15) is 5.56 Å². The van der Waals surface area contributed by atoms with Crippen LogP contribution in [0.15, 0.2) is 57.7 Å². The SMILES string of the molecule is COc1cccc2c(=O)c(C)c(-c3ccccc3)oc12. The van der Waals surface area contributed by atoms with Gasteiger partial charge in [0, 0.05) is 11.1 Å². The Balaban J connectivity index is 2.40. The van der Waals surface area contributed by atoms with E-state index in [1.54, 1.807) is 32.2 Å².